The van der Waals surface area contributed by atoms with E-state index in [1.54, 1.807) is 0 Å². The van der Waals surface area contributed by atoms with Gasteiger partial charge in [0.15, 0.2) is 16.8 Å². The molecule has 6 nitrogen and oxygen atoms in total. The summed E-state index contributed by atoms with van der Waals surface area (Å²) in [5.74, 6) is 3.52. The van der Waals surface area contributed by atoms with Crippen LogP contribution in [0.2, 0.25) is 0 Å². The minimum absolute atomic E-state index is 0.604. The molecular weight excluding hydrogens is 400 g/mol. The van der Waals surface area contributed by atoms with Gasteiger partial charge < -0.3 is 14.4 Å². The smallest absolute Gasteiger partial charge is 0.325 e. The number of aryl methyl sites for hydroxylation is 3. The van der Waals surface area contributed by atoms with Crippen LogP contribution in [0.4, 0.5) is 5.69 Å². The van der Waals surface area contributed by atoms with Crippen LogP contribution in [0.3, 0.4) is 0 Å². The topological polar surface area (TPSA) is 54.3 Å². The Bertz CT molecular complexity index is 1340. The van der Waals surface area contributed by atoms with Crippen LogP contribution >= 0.6 is 0 Å². The maximum absolute atomic E-state index is 9.35. The van der Waals surface area contributed by atoms with Crippen molar-refractivity contribution in [1.29, 1.82) is 5.26 Å². The molecule has 2 aliphatic rings. The van der Waals surface area contributed by atoms with Gasteiger partial charge in [-0.25, -0.2) is 9.13 Å². The van der Waals surface area contributed by atoms with Gasteiger partial charge in [-0.3, -0.25) is 0 Å². The normalized spacial score (nSPS) is 17.3. The Morgan fingerprint density at radius 3 is 2.66 bits per heavy atom. The largest absolute Gasteiger partial charge is 0.482 e. The molecule has 0 saturated carbocycles. The highest BCUT2D eigenvalue weighted by atomic mass is 16.5. The first-order valence-corrected chi connectivity index (χ1v) is 11.1. The van der Waals surface area contributed by atoms with Crippen LogP contribution in [0.5, 0.6) is 5.75 Å². The summed E-state index contributed by atoms with van der Waals surface area (Å²) >= 11 is 0. The summed E-state index contributed by atoms with van der Waals surface area (Å²) in [5.41, 5.74) is 6.42. The summed E-state index contributed by atoms with van der Waals surface area (Å²) in [5, 5.41) is 9.35. The molecule has 2 aliphatic heterocycles. The molecule has 0 saturated heterocycles. The number of ether oxygens (including phenoxy) is 2. The SMILES string of the molecule is CCN1C(=CC=C2OCC[n+]3c2n(CC)c2cc(C#N)ccc23)Oc2cc(C)c(C)cc21. The lowest BCUT2D eigenvalue weighted by atomic mass is 10.1. The number of imidazole rings is 1. The summed E-state index contributed by atoms with van der Waals surface area (Å²) in [6, 6.07) is 12.4. The van der Waals surface area contributed by atoms with Gasteiger partial charge in [-0.05, 0) is 69.2 Å². The zero-order valence-corrected chi connectivity index (χ0v) is 19.0. The predicted octanol–water partition coefficient (Wildman–Crippen LogP) is 4.57. The van der Waals surface area contributed by atoms with Crippen LogP contribution in [-0.2, 0) is 17.8 Å². The summed E-state index contributed by atoms with van der Waals surface area (Å²) in [4.78, 5) is 2.18. The molecule has 1 aromatic heterocycles. The zero-order chi connectivity index (χ0) is 22.4. The second-order valence-electron chi connectivity index (χ2n) is 8.17. The van der Waals surface area contributed by atoms with Crippen molar-refractivity contribution in [1.82, 2.24) is 4.57 Å². The van der Waals surface area contributed by atoms with E-state index in [4.69, 9.17) is 9.47 Å². The molecule has 0 atom stereocenters. The fourth-order valence-corrected chi connectivity index (χ4v) is 4.61. The molecule has 0 bridgehead atoms. The number of fused-ring (bicyclic) bond motifs is 4. The highest BCUT2D eigenvalue weighted by Crippen LogP contribution is 2.40. The molecule has 5 rings (SSSR count). The Labute approximate surface area is 188 Å². The van der Waals surface area contributed by atoms with Crippen LogP contribution in [0.15, 0.2) is 48.4 Å². The number of benzene rings is 2. The van der Waals surface area contributed by atoms with E-state index in [2.05, 4.69) is 59.9 Å². The Hall–Kier alpha value is -3.72. The second-order valence-corrected chi connectivity index (χ2v) is 8.17. The zero-order valence-electron chi connectivity index (χ0n) is 19.0. The predicted molar refractivity (Wildman–Crippen MR) is 124 cm³/mol. The number of allylic oxidation sites excluding steroid dienone is 2. The fourth-order valence-electron chi connectivity index (χ4n) is 4.61. The molecule has 0 radical (unpaired) electrons. The lowest BCUT2D eigenvalue weighted by Gasteiger charge is -2.17. The van der Waals surface area contributed by atoms with E-state index in [1.165, 1.54) is 11.1 Å². The van der Waals surface area contributed by atoms with E-state index in [9.17, 15) is 5.26 Å². The van der Waals surface area contributed by atoms with Gasteiger partial charge in [0.25, 0.3) is 0 Å². The molecule has 3 aromatic rings. The number of nitriles is 1. The molecule has 0 aliphatic carbocycles. The third kappa shape index (κ3) is 3.04. The maximum Gasteiger partial charge on any atom is 0.325 e. The third-order valence-electron chi connectivity index (χ3n) is 6.35. The van der Waals surface area contributed by atoms with E-state index < -0.39 is 0 Å². The van der Waals surface area contributed by atoms with Gasteiger partial charge >= 0.3 is 5.82 Å². The number of rotatable bonds is 3. The lowest BCUT2D eigenvalue weighted by molar-refractivity contribution is -0.682. The Balaban J connectivity index is 1.60. The van der Waals surface area contributed by atoms with Crippen molar-refractivity contribution < 1.29 is 14.0 Å². The summed E-state index contributed by atoms with van der Waals surface area (Å²) in [7, 11) is 0. The van der Waals surface area contributed by atoms with Crippen LogP contribution in [0.25, 0.3) is 16.8 Å². The fraction of sp³-hybridized carbons (Fsp3) is 0.308. The van der Waals surface area contributed by atoms with Crippen molar-refractivity contribution >= 4 is 22.5 Å². The average Bonchev–Trinajstić information content (AvgIpc) is 3.31. The molecule has 162 valence electrons. The van der Waals surface area contributed by atoms with Crippen LogP contribution in [0, 0.1) is 25.2 Å². The number of nitrogens with zero attached hydrogens (tertiary/aromatic N) is 4. The summed E-state index contributed by atoms with van der Waals surface area (Å²) in [6.45, 7) is 11.5. The van der Waals surface area contributed by atoms with Gasteiger partial charge in [-0.15, -0.1) is 0 Å². The molecule has 0 N–H and O–H groups in total. The Morgan fingerprint density at radius 1 is 1.09 bits per heavy atom. The van der Waals surface area contributed by atoms with E-state index in [0.717, 1.165) is 59.6 Å². The molecule has 3 heterocycles. The van der Waals surface area contributed by atoms with E-state index in [0.29, 0.717) is 12.2 Å². The van der Waals surface area contributed by atoms with Gasteiger partial charge in [-0.1, -0.05) is 0 Å². The minimum atomic E-state index is 0.604. The number of aromatic nitrogens is 2. The minimum Gasteiger partial charge on any atom is -0.482 e. The lowest BCUT2D eigenvalue weighted by Crippen LogP contribution is -2.43. The van der Waals surface area contributed by atoms with Crippen LogP contribution in [0.1, 0.15) is 36.4 Å². The molecule has 0 unspecified atom stereocenters. The first-order valence-electron chi connectivity index (χ1n) is 11.1. The molecule has 6 heteroatoms. The van der Waals surface area contributed by atoms with Crippen molar-refractivity contribution in [2.24, 2.45) is 0 Å². The molecule has 2 aromatic carbocycles. The Kier molecular flexibility index (Phi) is 4.90. The van der Waals surface area contributed by atoms with Crippen LogP contribution in [-0.4, -0.2) is 17.7 Å². The van der Waals surface area contributed by atoms with Crippen molar-refractivity contribution in [2.75, 3.05) is 18.1 Å². The van der Waals surface area contributed by atoms with Crippen molar-refractivity contribution in [3.8, 4) is 11.8 Å². The van der Waals surface area contributed by atoms with Gasteiger partial charge in [0.05, 0.1) is 23.9 Å². The van der Waals surface area contributed by atoms with Gasteiger partial charge in [0.1, 0.15) is 13.2 Å². The monoisotopic (exact) mass is 427 g/mol. The molecule has 0 amide bonds. The van der Waals surface area contributed by atoms with E-state index in [-0.39, 0.29) is 0 Å². The second kappa shape index (κ2) is 7.76. The quantitative estimate of drug-likeness (QED) is 0.575. The third-order valence-corrected chi connectivity index (χ3v) is 6.35. The average molecular weight is 428 g/mol. The first-order chi connectivity index (χ1) is 15.5. The maximum atomic E-state index is 9.35. The summed E-state index contributed by atoms with van der Waals surface area (Å²) in [6.07, 6.45) is 4.00. The highest BCUT2D eigenvalue weighted by molar-refractivity contribution is 5.77. The van der Waals surface area contributed by atoms with Crippen molar-refractivity contribution in [2.45, 2.75) is 40.8 Å². The van der Waals surface area contributed by atoms with Crippen LogP contribution < -0.4 is 14.2 Å². The van der Waals surface area contributed by atoms with E-state index >= 15 is 0 Å². The van der Waals surface area contributed by atoms with Gasteiger partial charge in [0, 0.05) is 18.7 Å². The summed E-state index contributed by atoms with van der Waals surface area (Å²) < 4.78 is 16.8. The van der Waals surface area contributed by atoms with Crippen molar-refractivity contribution in [3.63, 3.8) is 0 Å². The number of hydrogen-bond donors (Lipinski definition) is 0. The standard InChI is InChI=1S/C26H27N4O2/c1-5-28-22-13-17(3)18(4)14-24(22)32-25(28)10-9-23-26-29(6-2)21-15-19(16-27)7-8-20(21)30(26)11-12-31-23/h7-10,13-15H,5-6,11-12H2,1-4H3/q+1. The number of hydrogen-bond acceptors (Lipinski definition) is 4. The first kappa shape index (κ1) is 20.2. The molecule has 0 fully saturated rings. The number of anilines is 1. The molecule has 32 heavy (non-hydrogen) atoms. The van der Waals surface area contributed by atoms with E-state index in [1.807, 2.05) is 30.4 Å². The van der Waals surface area contributed by atoms with Gasteiger partial charge in [0.2, 0.25) is 11.6 Å². The van der Waals surface area contributed by atoms with Gasteiger partial charge in [-0.2, -0.15) is 5.26 Å². The van der Waals surface area contributed by atoms with Crippen molar-refractivity contribution in [3.05, 3.63) is 70.9 Å². The Morgan fingerprint density at radius 2 is 1.91 bits per heavy atom. The molecule has 0 spiro atoms. The molecular formula is C26H27N4O2+. The highest BCUT2D eigenvalue weighted by Gasteiger charge is 2.32.